The van der Waals surface area contributed by atoms with E-state index in [1.54, 1.807) is 6.07 Å². The zero-order valence-corrected chi connectivity index (χ0v) is 19.2. The van der Waals surface area contributed by atoms with Gasteiger partial charge in [0, 0.05) is 24.2 Å². The van der Waals surface area contributed by atoms with Crippen LogP contribution in [0.3, 0.4) is 0 Å². The molecule has 2 heterocycles. The van der Waals surface area contributed by atoms with E-state index in [0.29, 0.717) is 46.5 Å². The molecule has 1 aromatic heterocycles. The predicted molar refractivity (Wildman–Crippen MR) is 130 cm³/mol. The number of benzene rings is 2. The normalized spacial score (nSPS) is 16.4. The van der Waals surface area contributed by atoms with Crippen LogP contribution >= 0.6 is 11.8 Å². The molecule has 33 heavy (non-hydrogen) atoms. The van der Waals surface area contributed by atoms with E-state index in [1.165, 1.54) is 18.2 Å². The third-order valence-electron chi connectivity index (χ3n) is 6.08. The van der Waals surface area contributed by atoms with Gasteiger partial charge in [-0.2, -0.15) is 0 Å². The number of anilines is 1. The number of carbonyl (C=O) groups is 1. The molecule has 1 aliphatic heterocycles. The summed E-state index contributed by atoms with van der Waals surface area (Å²) in [4.78, 5) is 30.8. The first-order chi connectivity index (χ1) is 16.2. The molecule has 0 spiro atoms. The van der Waals surface area contributed by atoms with Crippen LogP contribution in [0.1, 0.15) is 44.6 Å². The van der Waals surface area contributed by atoms with Gasteiger partial charge in [-0.1, -0.05) is 43.2 Å². The molecule has 0 unspecified atom stereocenters. The summed E-state index contributed by atoms with van der Waals surface area (Å²) < 4.78 is 13.2. The number of nitrogens with one attached hydrogen (secondary N) is 1. The number of hydrogen-bond donors (Lipinski definition) is 1. The van der Waals surface area contributed by atoms with Crippen LogP contribution in [-0.4, -0.2) is 34.4 Å². The van der Waals surface area contributed by atoms with Gasteiger partial charge in [-0.3, -0.25) is 14.2 Å². The molecule has 1 fully saturated rings. The maximum Gasteiger partial charge on any atom is 0.262 e. The van der Waals surface area contributed by atoms with Gasteiger partial charge in [-0.15, -0.1) is 0 Å². The van der Waals surface area contributed by atoms with Crippen molar-refractivity contribution in [1.82, 2.24) is 9.55 Å². The minimum absolute atomic E-state index is 0.0155. The molecule has 5 rings (SSSR count). The van der Waals surface area contributed by atoms with Gasteiger partial charge < -0.3 is 14.8 Å². The molecule has 0 saturated heterocycles. The molecule has 1 aliphatic carbocycles. The van der Waals surface area contributed by atoms with E-state index in [2.05, 4.69) is 5.32 Å². The molecular weight excluding hydrogens is 438 g/mol. The van der Waals surface area contributed by atoms with Crippen LogP contribution in [0.25, 0.3) is 10.9 Å². The molecule has 7 nitrogen and oxygen atoms in total. The Morgan fingerprint density at radius 3 is 2.67 bits per heavy atom. The van der Waals surface area contributed by atoms with Crippen LogP contribution in [0.15, 0.2) is 52.4 Å². The van der Waals surface area contributed by atoms with Gasteiger partial charge in [0.2, 0.25) is 5.91 Å². The van der Waals surface area contributed by atoms with Crippen molar-refractivity contribution >= 4 is 34.3 Å². The summed E-state index contributed by atoms with van der Waals surface area (Å²) in [5.74, 6) is 1.33. The zero-order valence-electron chi connectivity index (χ0n) is 18.4. The second kappa shape index (κ2) is 9.87. The summed E-state index contributed by atoms with van der Waals surface area (Å²) in [5, 5.41) is 4.16. The van der Waals surface area contributed by atoms with E-state index in [1.807, 2.05) is 41.0 Å². The van der Waals surface area contributed by atoms with E-state index in [-0.39, 0.29) is 23.3 Å². The number of rotatable bonds is 5. The Morgan fingerprint density at radius 2 is 1.82 bits per heavy atom. The summed E-state index contributed by atoms with van der Waals surface area (Å²) in [6, 6.07) is 13.0. The van der Waals surface area contributed by atoms with E-state index in [9.17, 15) is 9.59 Å². The topological polar surface area (TPSA) is 82.5 Å². The number of ether oxygens (including phenoxy) is 2. The standard InChI is InChI=1S/C25H27N3O4S/c29-23(26-17-11-12-21-22(15-17)32-14-6-13-31-21)16-33-25-27-20-10-5-4-9-19(20)24(30)28(25)18-7-2-1-3-8-18/h4-5,9-12,15,18H,1-3,6-8,13-14,16H2,(H,26,29). The van der Waals surface area contributed by atoms with Crippen molar-refractivity contribution in [3.05, 3.63) is 52.8 Å². The fourth-order valence-electron chi connectivity index (χ4n) is 4.46. The monoisotopic (exact) mass is 465 g/mol. The lowest BCUT2D eigenvalue weighted by molar-refractivity contribution is -0.113. The van der Waals surface area contributed by atoms with Crippen LogP contribution in [-0.2, 0) is 4.79 Å². The first-order valence-corrected chi connectivity index (χ1v) is 12.5. The Balaban J connectivity index is 1.35. The number of amides is 1. The highest BCUT2D eigenvalue weighted by Gasteiger charge is 2.22. The molecule has 2 aromatic carbocycles. The first kappa shape index (κ1) is 21.8. The van der Waals surface area contributed by atoms with Gasteiger partial charge in [-0.25, -0.2) is 4.98 Å². The Labute approximate surface area is 196 Å². The van der Waals surface area contributed by atoms with Crippen LogP contribution in [0.2, 0.25) is 0 Å². The third-order valence-corrected chi connectivity index (χ3v) is 7.03. The van der Waals surface area contributed by atoms with Crippen molar-refractivity contribution in [2.75, 3.05) is 24.3 Å². The Hall–Kier alpha value is -3.00. The molecule has 2 aliphatic rings. The van der Waals surface area contributed by atoms with Crippen molar-refractivity contribution in [1.29, 1.82) is 0 Å². The predicted octanol–water partition coefficient (Wildman–Crippen LogP) is 4.79. The van der Waals surface area contributed by atoms with Gasteiger partial charge >= 0.3 is 0 Å². The average Bonchev–Trinajstić information content (AvgIpc) is 3.08. The van der Waals surface area contributed by atoms with E-state index >= 15 is 0 Å². The quantitative estimate of drug-likeness (QED) is 0.431. The largest absolute Gasteiger partial charge is 0.490 e. The summed E-state index contributed by atoms with van der Waals surface area (Å²) >= 11 is 1.31. The highest BCUT2D eigenvalue weighted by atomic mass is 32.2. The third kappa shape index (κ3) is 4.85. The van der Waals surface area contributed by atoms with Crippen molar-refractivity contribution in [3.8, 4) is 11.5 Å². The van der Waals surface area contributed by atoms with Gasteiger partial charge in [0.1, 0.15) is 0 Å². The minimum atomic E-state index is -0.160. The second-order valence-electron chi connectivity index (χ2n) is 8.43. The first-order valence-electron chi connectivity index (χ1n) is 11.5. The summed E-state index contributed by atoms with van der Waals surface area (Å²) in [6.07, 6.45) is 6.19. The fourth-order valence-corrected chi connectivity index (χ4v) is 5.32. The van der Waals surface area contributed by atoms with Crippen LogP contribution in [0.5, 0.6) is 11.5 Å². The molecule has 0 radical (unpaired) electrons. The number of carbonyl (C=O) groups excluding carboxylic acids is 1. The Kier molecular flexibility index (Phi) is 6.53. The average molecular weight is 466 g/mol. The molecule has 3 aromatic rings. The molecule has 1 amide bonds. The van der Waals surface area contributed by atoms with Crippen molar-refractivity contribution in [2.24, 2.45) is 0 Å². The number of nitrogens with zero attached hydrogens (tertiary/aromatic N) is 2. The van der Waals surface area contributed by atoms with Crippen LogP contribution in [0.4, 0.5) is 5.69 Å². The number of hydrogen-bond acceptors (Lipinski definition) is 6. The number of thioether (sulfide) groups is 1. The van der Waals surface area contributed by atoms with Crippen LogP contribution in [0, 0.1) is 0 Å². The maximum atomic E-state index is 13.3. The zero-order chi connectivity index (χ0) is 22.6. The molecular formula is C25H27N3O4S. The van der Waals surface area contributed by atoms with Crippen LogP contribution < -0.4 is 20.3 Å². The van der Waals surface area contributed by atoms with Gasteiger partial charge in [0.15, 0.2) is 16.7 Å². The summed E-state index contributed by atoms with van der Waals surface area (Å²) in [6.45, 7) is 1.21. The second-order valence-corrected chi connectivity index (χ2v) is 9.37. The van der Waals surface area contributed by atoms with E-state index in [4.69, 9.17) is 14.5 Å². The number of para-hydroxylation sites is 1. The molecule has 1 saturated carbocycles. The molecule has 1 N–H and O–H groups in total. The van der Waals surface area contributed by atoms with Crippen molar-refractivity contribution in [2.45, 2.75) is 49.7 Å². The molecule has 0 atom stereocenters. The SMILES string of the molecule is O=C(CSc1nc2ccccc2c(=O)n1C1CCCCC1)Nc1ccc2c(c1)OCCCO2. The Morgan fingerprint density at radius 1 is 1.03 bits per heavy atom. The number of aromatic nitrogens is 2. The van der Waals surface area contributed by atoms with E-state index < -0.39 is 0 Å². The molecule has 8 heteroatoms. The van der Waals surface area contributed by atoms with E-state index in [0.717, 1.165) is 32.1 Å². The van der Waals surface area contributed by atoms with Gasteiger partial charge in [0.25, 0.3) is 5.56 Å². The number of fused-ring (bicyclic) bond motifs is 2. The lowest BCUT2D eigenvalue weighted by Crippen LogP contribution is -2.29. The van der Waals surface area contributed by atoms with Gasteiger partial charge in [-0.05, 0) is 37.1 Å². The summed E-state index contributed by atoms with van der Waals surface area (Å²) in [5.41, 5.74) is 1.31. The Bertz CT molecular complexity index is 1220. The highest BCUT2D eigenvalue weighted by Crippen LogP contribution is 2.33. The fraction of sp³-hybridized carbons (Fsp3) is 0.400. The lowest BCUT2D eigenvalue weighted by Gasteiger charge is -2.26. The molecule has 172 valence electrons. The lowest BCUT2D eigenvalue weighted by atomic mass is 9.95. The molecule has 0 bridgehead atoms. The maximum absolute atomic E-state index is 13.3. The smallest absolute Gasteiger partial charge is 0.262 e. The van der Waals surface area contributed by atoms with Gasteiger partial charge in [0.05, 0.1) is 29.9 Å². The summed E-state index contributed by atoms with van der Waals surface area (Å²) in [7, 11) is 0. The van der Waals surface area contributed by atoms with Crippen molar-refractivity contribution in [3.63, 3.8) is 0 Å². The minimum Gasteiger partial charge on any atom is -0.490 e. The van der Waals surface area contributed by atoms with Crippen molar-refractivity contribution < 1.29 is 14.3 Å². The highest BCUT2D eigenvalue weighted by molar-refractivity contribution is 7.99.